The number of cyclic esters (lactones) is 3. The summed E-state index contributed by atoms with van der Waals surface area (Å²) in [5.74, 6) is -6.18. The van der Waals surface area contributed by atoms with E-state index in [2.05, 4.69) is 21.3 Å². The lowest BCUT2D eigenvalue weighted by atomic mass is 9.85. The Morgan fingerprint density at radius 1 is 0.460 bits per heavy atom. The van der Waals surface area contributed by atoms with Crippen LogP contribution in [0.5, 0.6) is 0 Å². The molecule has 0 bridgehead atoms. The molecule has 0 radical (unpaired) electrons. The molecular weight excluding hydrogens is 1590 g/mol. The lowest BCUT2D eigenvalue weighted by Crippen LogP contribution is -2.44. The summed E-state index contributed by atoms with van der Waals surface area (Å²) in [6, 6.07) is -1.04. The summed E-state index contributed by atoms with van der Waals surface area (Å²) in [5.41, 5.74) is 16.1. The highest BCUT2D eigenvalue weighted by molar-refractivity contribution is 5.99. The topological polar surface area (TPSA) is 447 Å². The van der Waals surface area contributed by atoms with Crippen molar-refractivity contribution in [2.45, 2.75) is 290 Å². The number of hydrogen-bond acceptors (Lipinski definition) is 25. The van der Waals surface area contributed by atoms with Crippen molar-refractivity contribution in [1.29, 1.82) is 0 Å². The number of piperidine rings is 3. The molecule has 3 fully saturated rings. The molecule has 0 aromatic heterocycles. The third kappa shape index (κ3) is 39.3. The van der Waals surface area contributed by atoms with E-state index in [9.17, 15) is 77.6 Å². The van der Waals surface area contributed by atoms with Crippen LogP contribution in [-0.2, 0) is 95.5 Å². The highest BCUT2D eigenvalue weighted by Gasteiger charge is 2.37. The molecule has 0 saturated carbocycles. The largest absolute Gasteiger partial charge is 0.458 e. The van der Waals surface area contributed by atoms with Crippen LogP contribution in [0.4, 0.5) is 0 Å². The molecular formula is C95H142N6O23. The van der Waals surface area contributed by atoms with E-state index in [0.717, 1.165) is 42.4 Å². The number of carbonyl (C=O) groups excluding carboxylic acids is 13. The number of nitrogens with two attached hydrogens (primary N) is 2. The van der Waals surface area contributed by atoms with Crippen LogP contribution in [0.1, 0.15) is 217 Å². The maximum absolute atomic E-state index is 13.1. The summed E-state index contributed by atoms with van der Waals surface area (Å²) in [4.78, 5) is 157. The second-order valence-corrected chi connectivity index (χ2v) is 34.1. The first-order chi connectivity index (χ1) is 58.8. The number of aliphatic hydroxyl groups is 3. The molecule has 7 aliphatic heterocycles. The van der Waals surface area contributed by atoms with Gasteiger partial charge in [-0.05, 0) is 157 Å². The van der Waals surface area contributed by atoms with Crippen LogP contribution in [-0.4, -0.2) is 200 Å². The van der Waals surface area contributed by atoms with E-state index in [4.69, 9.17) is 44.6 Å². The third-order valence-electron chi connectivity index (χ3n) is 23.4. The Kier molecular flexibility index (Phi) is 49.3. The molecule has 690 valence electrons. The van der Waals surface area contributed by atoms with E-state index in [1.54, 1.807) is 72.5 Å². The lowest BCUT2D eigenvalue weighted by Gasteiger charge is -2.28. The number of carbonyl (C=O) groups is 13. The Bertz CT molecular complexity index is 3720. The normalized spacial score (nSPS) is 32.1. The van der Waals surface area contributed by atoms with Crippen LogP contribution in [0.25, 0.3) is 0 Å². The average molecular weight is 1740 g/mol. The number of allylic oxidation sites excluding steroid dienone is 7. The van der Waals surface area contributed by atoms with Crippen molar-refractivity contribution < 1.29 is 111 Å². The van der Waals surface area contributed by atoms with Gasteiger partial charge in [-0.1, -0.05) is 145 Å². The minimum absolute atomic E-state index is 0.0229. The molecule has 19 atom stereocenters. The standard InChI is InChI=1S/C27H41N3O5.C27H40N2O6.C25H37NO8.C16H24O4/c1-17-14-18(2)27(30-23(32)13-8-6-5-7-12-22(35-4)26(17)28)19(3)21(31)11-9-10-20-15-24(33)29-25(34)16-20;1-17-14-18(2)27(35-25(33)13-8-6-5-7-12-22(34-4)26(17)28)19(3)21(30)11-9-10-20-15-23(31)29-24(32)16-20;1-14-9-15(2)25(34-23(31)8-6-5-7-20(33-4)24(14)32)16(3)19(28)13-18(27)10-17-11-21(29)26-22(30)12-17;1-12-10-13(2)16(18)14(19-3)8-6-4-5-7-9-15(17)20-11-12/h7-8,12-14,17,19-20,22,26-27H,5-6,9-11,15-16,28H2,1-4H3,(H,30,32)(H,29,33,34);7-8,12-14,17,19-20,22,26-27H,5-6,9-11,15-16,28H2,1-4H3,(H,29,31,32);5,7,9,14,16-18,20,24-25,27,32H,6,8,10-13H2,1-4H3,(H,26,29,30);6-10,13-14,16,18H,4-5,11H2,1-3H3/b2*12-7+,13-8+,18-14-;7-5+,15-9-;8-6+,9-7+,12-10-/t2*17-,19-,22+,26+,27?;14-,16-,18-,20+,24+,25+;13-,14+,16+/m1111/s1. The van der Waals surface area contributed by atoms with Gasteiger partial charge in [-0.3, -0.25) is 68.7 Å². The summed E-state index contributed by atoms with van der Waals surface area (Å²) >= 11 is 0. The van der Waals surface area contributed by atoms with Crippen molar-refractivity contribution in [3.63, 3.8) is 0 Å². The number of hydrogen-bond donors (Lipinski definition) is 9. The monoisotopic (exact) mass is 1740 g/mol. The van der Waals surface area contributed by atoms with Crippen molar-refractivity contribution >= 4 is 76.6 Å². The Morgan fingerprint density at radius 3 is 1.29 bits per heavy atom. The Morgan fingerprint density at radius 2 is 0.831 bits per heavy atom. The smallest absolute Gasteiger partial charge is 0.331 e. The summed E-state index contributed by atoms with van der Waals surface area (Å²) < 4.78 is 38.3. The number of ether oxygens (including phenoxy) is 7. The van der Waals surface area contributed by atoms with Crippen LogP contribution in [0.15, 0.2) is 132 Å². The fraction of sp³-hybridized carbons (Fsp3) is 0.632. The van der Waals surface area contributed by atoms with E-state index in [0.29, 0.717) is 82.6 Å². The number of amides is 7. The number of esters is 3. The van der Waals surface area contributed by atoms with Crippen molar-refractivity contribution in [3.05, 3.63) is 132 Å². The molecule has 11 N–H and O–H groups in total. The van der Waals surface area contributed by atoms with Crippen molar-refractivity contribution in [1.82, 2.24) is 21.3 Å². The second-order valence-electron chi connectivity index (χ2n) is 34.1. The average Bonchev–Trinajstić information content (AvgIpc) is 0.850. The van der Waals surface area contributed by atoms with Gasteiger partial charge in [-0.25, -0.2) is 9.59 Å². The SMILES string of the molecule is CO[C@H]1/C=C/CC/C=C/C(=O)NC([C@H](C)C(=O)CCCC2CC(=O)NC(=O)C2)/C(C)=C\[C@@H](C)[C@@H]1N.CO[C@H]1/C=C/CC/C=C/C(=O)OC([C@H](C)C(=O)CCCC2CC(=O)NC(=O)C2)/C(C)=C\[C@@H](C)[C@@H]1N.CO[C@H]1/C=C/CC/C=C/C(=O)OC/C(C)=C\[C@@H](C)[C@@H]1O.CO[C@H]1/C=C/CCC(=O)O[C@H]([C@H](C)C(=O)C[C@H](O)CC2CC(=O)NC(=O)C2)/C(C)=C\[C@@H](C)[C@@H]1O. The van der Waals surface area contributed by atoms with E-state index >= 15 is 0 Å². The van der Waals surface area contributed by atoms with E-state index in [1.165, 1.54) is 25.3 Å². The summed E-state index contributed by atoms with van der Waals surface area (Å²) in [5, 5.41) is 41.2. The highest BCUT2D eigenvalue weighted by Crippen LogP contribution is 2.31. The minimum atomic E-state index is -1.02. The number of ketones is 3. The van der Waals surface area contributed by atoms with Crippen LogP contribution >= 0.6 is 0 Å². The number of nitrogens with one attached hydrogen (secondary N) is 4. The number of aliphatic hydroxyl groups excluding tert-OH is 3. The number of Topliss-reactive ketones (excluding diaryl/α,β-unsaturated/α-hetero) is 3. The summed E-state index contributed by atoms with van der Waals surface area (Å²) in [7, 11) is 6.36. The van der Waals surface area contributed by atoms with Gasteiger partial charge in [0.05, 0.1) is 48.4 Å². The fourth-order valence-electron chi connectivity index (χ4n) is 16.0. The molecule has 2 unspecified atom stereocenters. The maximum atomic E-state index is 13.1. The van der Waals surface area contributed by atoms with Crippen LogP contribution in [0.3, 0.4) is 0 Å². The zero-order valence-electron chi connectivity index (χ0n) is 75.5. The van der Waals surface area contributed by atoms with Crippen LogP contribution in [0.2, 0.25) is 0 Å². The molecule has 0 aromatic carbocycles. The first kappa shape index (κ1) is 107. The molecule has 3 saturated heterocycles. The van der Waals surface area contributed by atoms with Crippen molar-refractivity contribution in [2.75, 3.05) is 35.0 Å². The first-order valence-electron chi connectivity index (χ1n) is 43.8. The van der Waals surface area contributed by atoms with Gasteiger partial charge in [0.25, 0.3) is 0 Å². The number of methoxy groups -OCH3 is 4. The van der Waals surface area contributed by atoms with Gasteiger partial charge in [0.1, 0.15) is 48.4 Å². The Balaban J connectivity index is 0.000000353. The Labute approximate surface area is 733 Å². The predicted molar refractivity (Wildman–Crippen MR) is 469 cm³/mol. The Hall–Kier alpha value is -8.91. The minimum Gasteiger partial charge on any atom is -0.458 e. The van der Waals surface area contributed by atoms with Crippen LogP contribution in [0, 0.1) is 59.2 Å². The molecule has 0 aromatic rings. The van der Waals surface area contributed by atoms with Crippen molar-refractivity contribution in [3.8, 4) is 0 Å². The van der Waals surface area contributed by atoms with E-state index in [1.807, 2.05) is 116 Å². The van der Waals surface area contributed by atoms with Gasteiger partial charge in [-0.2, -0.15) is 0 Å². The molecule has 7 aliphatic rings. The molecule has 7 amide bonds. The van der Waals surface area contributed by atoms with Gasteiger partial charge in [0.2, 0.25) is 41.4 Å². The zero-order chi connectivity index (χ0) is 92.3. The van der Waals surface area contributed by atoms with Gasteiger partial charge in [0.15, 0.2) is 0 Å². The fourth-order valence-corrected chi connectivity index (χ4v) is 16.0. The summed E-state index contributed by atoms with van der Waals surface area (Å²) in [6.07, 6.45) is 36.8. The molecule has 29 heteroatoms. The van der Waals surface area contributed by atoms with Gasteiger partial charge < -0.3 is 65.3 Å². The van der Waals surface area contributed by atoms with Crippen LogP contribution < -0.4 is 32.7 Å². The summed E-state index contributed by atoms with van der Waals surface area (Å²) in [6.45, 7) is 20.6. The lowest BCUT2D eigenvalue weighted by molar-refractivity contribution is -0.151. The molecule has 0 aliphatic carbocycles. The van der Waals surface area contributed by atoms with Gasteiger partial charge in [-0.15, -0.1) is 0 Å². The molecule has 29 nitrogen and oxygen atoms in total. The van der Waals surface area contributed by atoms with Crippen molar-refractivity contribution in [2.24, 2.45) is 70.6 Å². The zero-order valence-corrected chi connectivity index (χ0v) is 75.5. The highest BCUT2D eigenvalue weighted by atomic mass is 16.6. The second kappa shape index (κ2) is 56.9. The van der Waals surface area contributed by atoms with Gasteiger partial charge in [0, 0.05) is 135 Å². The molecule has 124 heavy (non-hydrogen) atoms. The number of imide groups is 3. The van der Waals surface area contributed by atoms with Gasteiger partial charge >= 0.3 is 17.9 Å². The third-order valence-corrected chi connectivity index (χ3v) is 23.4. The number of rotatable bonds is 22. The molecule has 7 rings (SSSR count). The maximum Gasteiger partial charge on any atom is 0.331 e. The molecule has 7 heterocycles. The quantitative estimate of drug-likeness (QED) is 0.0210. The molecule has 0 spiro atoms. The first-order valence-corrected chi connectivity index (χ1v) is 43.8. The predicted octanol–water partition coefficient (Wildman–Crippen LogP) is 9.89. The van der Waals surface area contributed by atoms with E-state index < -0.39 is 72.4 Å². The van der Waals surface area contributed by atoms with E-state index in [-0.39, 0.29) is 182 Å².